The monoisotopic (exact) mass is 232 g/mol. The summed E-state index contributed by atoms with van der Waals surface area (Å²) in [5.41, 5.74) is 10.1. The number of aryl methyl sites for hydroxylation is 2. The molecule has 2 nitrogen and oxygen atoms in total. The Morgan fingerprint density at radius 2 is 1.94 bits per heavy atom. The highest BCUT2D eigenvalue weighted by Crippen LogP contribution is 2.25. The number of nitrogens with zero attached hydrogens (tertiary/aromatic N) is 1. The highest BCUT2D eigenvalue weighted by Gasteiger charge is 2.12. The second-order valence-corrected chi connectivity index (χ2v) is 5.38. The van der Waals surface area contributed by atoms with E-state index in [0.29, 0.717) is 5.92 Å². The summed E-state index contributed by atoms with van der Waals surface area (Å²) in [6, 6.07) is 6.94. The van der Waals surface area contributed by atoms with Crippen molar-refractivity contribution in [3.05, 3.63) is 29.3 Å². The number of benzene rings is 1. The standard InChI is InChI=1S/C15H24N2/c1-12(10-16)11-17(2)15-8-7-13-5-3-4-6-14(13)9-15/h7-9,12H,3-6,10-11,16H2,1-2H3. The van der Waals surface area contributed by atoms with Gasteiger partial charge in [0.25, 0.3) is 0 Å². The molecule has 1 aromatic rings. The third-order valence-corrected chi connectivity index (χ3v) is 3.76. The SMILES string of the molecule is CC(CN)CN(C)c1ccc2c(c1)CCCC2. The van der Waals surface area contributed by atoms with Gasteiger partial charge in [0.1, 0.15) is 0 Å². The molecule has 1 unspecified atom stereocenters. The number of anilines is 1. The van der Waals surface area contributed by atoms with Crippen LogP contribution in [0.15, 0.2) is 18.2 Å². The number of rotatable bonds is 4. The predicted molar refractivity (Wildman–Crippen MR) is 74.6 cm³/mol. The molecule has 1 aromatic carbocycles. The minimum atomic E-state index is 0.552. The van der Waals surface area contributed by atoms with Gasteiger partial charge in [0, 0.05) is 19.3 Å². The lowest BCUT2D eigenvalue weighted by Gasteiger charge is -2.25. The van der Waals surface area contributed by atoms with Crippen molar-refractivity contribution in [1.29, 1.82) is 0 Å². The average molecular weight is 232 g/mol. The van der Waals surface area contributed by atoms with Gasteiger partial charge in [-0.15, -0.1) is 0 Å². The van der Waals surface area contributed by atoms with Crippen molar-refractivity contribution in [1.82, 2.24) is 0 Å². The van der Waals surface area contributed by atoms with E-state index in [9.17, 15) is 0 Å². The van der Waals surface area contributed by atoms with Gasteiger partial charge in [-0.05, 0) is 61.4 Å². The first kappa shape index (κ1) is 12.4. The Kier molecular flexibility index (Phi) is 4.06. The normalized spacial score (nSPS) is 16.4. The largest absolute Gasteiger partial charge is 0.374 e. The molecule has 1 aliphatic rings. The molecule has 17 heavy (non-hydrogen) atoms. The van der Waals surface area contributed by atoms with Gasteiger partial charge in [-0.25, -0.2) is 0 Å². The van der Waals surface area contributed by atoms with Crippen LogP contribution < -0.4 is 10.6 Å². The summed E-state index contributed by atoms with van der Waals surface area (Å²) >= 11 is 0. The van der Waals surface area contributed by atoms with Crippen LogP contribution in [0.3, 0.4) is 0 Å². The number of nitrogens with two attached hydrogens (primary N) is 1. The van der Waals surface area contributed by atoms with Gasteiger partial charge in [0.15, 0.2) is 0 Å². The highest BCUT2D eigenvalue weighted by atomic mass is 15.1. The molecule has 2 heteroatoms. The fourth-order valence-electron chi connectivity index (χ4n) is 2.60. The van der Waals surface area contributed by atoms with E-state index in [-0.39, 0.29) is 0 Å². The summed E-state index contributed by atoms with van der Waals surface area (Å²) in [6.07, 6.45) is 5.22. The van der Waals surface area contributed by atoms with E-state index < -0.39 is 0 Å². The number of hydrogen-bond donors (Lipinski definition) is 1. The van der Waals surface area contributed by atoms with E-state index in [1.807, 2.05) is 0 Å². The first-order chi connectivity index (χ1) is 8.20. The van der Waals surface area contributed by atoms with Crippen LogP contribution in [0.2, 0.25) is 0 Å². The van der Waals surface area contributed by atoms with E-state index in [1.54, 1.807) is 11.1 Å². The van der Waals surface area contributed by atoms with Crippen LogP contribution in [0.25, 0.3) is 0 Å². The van der Waals surface area contributed by atoms with Crippen LogP contribution in [0, 0.1) is 5.92 Å². The van der Waals surface area contributed by atoms with Gasteiger partial charge < -0.3 is 10.6 Å². The Balaban J connectivity index is 2.10. The molecule has 1 atom stereocenters. The zero-order chi connectivity index (χ0) is 12.3. The topological polar surface area (TPSA) is 29.3 Å². The molecule has 2 rings (SSSR count). The molecule has 0 bridgehead atoms. The molecule has 0 radical (unpaired) electrons. The summed E-state index contributed by atoms with van der Waals surface area (Å²) in [4.78, 5) is 2.33. The van der Waals surface area contributed by atoms with E-state index in [2.05, 4.69) is 37.1 Å². The molecule has 0 spiro atoms. The van der Waals surface area contributed by atoms with Crippen LogP contribution >= 0.6 is 0 Å². The minimum Gasteiger partial charge on any atom is -0.374 e. The van der Waals surface area contributed by atoms with Gasteiger partial charge in [-0.2, -0.15) is 0 Å². The Bertz CT molecular complexity index is 373. The van der Waals surface area contributed by atoms with Crippen LogP contribution in [0.1, 0.15) is 30.9 Å². The maximum absolute atomic E-state index is 5.68. The second-order valence-electron chi connectivity index (χ2n) is 5.38. The van der Waals surface area contributed by atoms with Crippen LogP contribution in [-0.4, -0.2) is 20.1 Å². The maximum atomic E-state index is 5.68. The zero-order valence-corrected chi connectivity index (χ0v) is 11.1. The first-order valence-corrected chi connectivity index (χ1v) is 6.73. The maximum Gasteiger partial charge on any atom is 0.0366 e. The lowest BCUT2D eigenvalue weighted by Crippen LogP contribution is -2.28. The third kappa shape index (κ3) is 3.01. The number of hydrogen-bond acceptors (Lipinski definition) is 2. The van der Waals surface area contributed by atoms with Crippen molar-refractivity contribution in [2.75, 3.05) is 25.0 Å². The van der Waals surface area contributed by atoms with Crippen LogP contribution in [0.5, 0.6) is 0 Å². The molecule has 0 saturated heterocycles. The lowest BCUT2D eigenvalue weighted by molar-refractivity contribution is 0.589. The van der Waals surface area contributed by atoms with Crippen molar-refractivity contribution in [2.45, 2.75) is 32.6 Å². The molecular formula is C15H24N2. The van der Waals surface area contributed by atoms with Gasteiger partial charge in [0.2, 0.25) is 0 Å². The molecule has 0 heterocycles. The summed E-state index contributed by atoms with van der Waals surface area (Å²) < 4.78 is 0. The smallest absolute Gasteiger partial charge is 0.0366 e. The van der Waals surface area contributed by atoms with Crippen molar-refractivity contribution < 1.29 is 0 Å². The van der Waals surface area contributed by atoms with Crippen molar-refractivity contribution >= 4 is 5.69 Å². The molecule has 0 amide bonds. The fourth-order valence-corrected chi connectivity index (χ4v) is 2.60. The Morgan fingerprint density at radius 3 is 2.65 bits per heavy atom. The Labute approximate surface area is 105 Å². The Hall–Kier alpha value is -1.02. The van der Waals surface area contributed by atoms with Gasteiger partial charge >= 0.3 is 0 Å². The summed E-state index contributed by atoms with van der Waals surface area (Å²) in [5, 5.41) is 0. The fraction of sp³-hybridized carbons (Fsp3) is 0.600. The molecular weight excluding hydrogens is 208 g/mol. The van der Waals surface area contributed by atoms with Crippen LogP contribution in [-0.2, 0) is 12.8 Å². The first-order valence-electron chi connectivity index (χ1n) is 6.73. The average Bonchev–Trinajstić information content (AvgIpc) is 2.38. The van der Waals surface area contributed by atoms with E-state index >= 15 is 0 Å². The van der Waals surface area contributed by atoms with Crippen LogP contribution in [0.4, 0.5) is 5.69 Å². The van der Waals surface area contributed by atoms with Gasteiger partial charge in [0.05, 0.1) is 0 Å². The van der Waals surface area contributed by atoms with E-state index in [0.717, 1.165) is 13.1 Å². The van der Waals surface area contributed by atoms with Crippen molar-refractivity contribution in [3.8, 4) is 0 Å². The highest BCUT2D eigenvalue weighted by molar-refractivity contribution is 5.51. The molecule has 0 aromatic heterocycles. The Morgan fingerprint density at radius 1 is 1.24 bits per heavy atom. The molecule has 2 N–H and O–H groups in total. The molecule has 0 aliphatic heterocycles. The summed E-state index contributed by atoms with van der Waals surface area (Å²) in [5.74, 6) is 0.552. The molecule has 1 aliphatic carbocycles. The third-order valence-electron chi connectivity index (χ3n) is 3.76. The number of fused-ring (bicyclic) bond motifs is 1. The molecule has 0 fully saturated rings. The molecule has 0 saturated carbocycles. The van der Waals surface area contributed by atoms with Crippen molar-refractivity contribution in [2.24, 2.45) is 11.7 Å². The van der Waals surface area contributed by atoms with Gasteiger partial charge in [-0.3, -0.25) is 0 Å². The molecule has 94 valence electrons. The lowest BCUT2D eigenvalue weighted by atomic mass is 9.91. The van der Waals surface area contributed by atoms with E-state index in [1.165, 1.54) is 31.4 Å². The summed E-state index contributed by atoms with van der Waals surface area (Å²) in [6.45, 7) is 4.00. The van der Waals surface area contributed by atoms with E-state index in [4.69, 9.17) is 5.73 Å². The predicted octanol–water partition coefficient (Wildman–Crippen LogP) is 2.60. The summed E-state index contributed by atoms with van der Waals surface area (Å²) in [7, 11) is 2.16. The van der Waals surface area contributed by atoms with Gasteiger partial charge in [-0.1, -0.05) is 13.0 Å². The van der Waals surface area contributed by atoms with Crippen molar-refractivity contribution in [3.63, 3.8) is 0 Å². The zero-order valence-electron chi connectivity index (χ0n) is 11.1. The quantitative estimate of drug-likeness (QED) is 0.864. The minimum absolute atomic E-state index is 0.552. The second kappa shape index (κ2) is 5.54.